The van der Waals surface area contributed by atoms with Crippen molar-refractivity contribution in [3.63, 3.8) is 0 Å². The number of nitrogens with zero attached hydrogens (tertiary/aromatic N) is 1. The lowest BCUT2D eigenvalue weighted by Crippen LogP contribution is -2.58. The molecule has 2 unspecified atom stereocenters. The maximum atomic E-state index is 13.4. The van der Waals surface area contributed by atoms with Crippen molar-refractivity contribution in [2.24, 2.45) is 11.8 Å². The summed E-state index contributed by atoms with van der Waals surface area (Å²) < 4.78 is 26.5. The smallest absolute Gasteiger partial charge is 0.159 e. The average molecular weight is 294 g/mol. The van der Waals surface area contributed by atoms with Crippen LogP contribution >= 0.6 is 0 Å². The number of hydrogen-bond donors (Lipinski definition) is 1. The van der Waals surface area contributed by atoms with Gasteiger partial charge in [-0.05, 0) is 42.4 Å². The van der Waals surface area contributed by atoms with Crippen molar-refractivity contribution < 1.29 is 8.78 Å². The normalized spacial score (nSPS) is 27.3. The molecule has 0 aromatic heterocycles. The van der Waals surface area contributed by atoms with Crippen LogP contribution in [0.4, 0.5) is 8.78 Å². The lowest BCUT2D eigenvalue weighted by atomic mass is 9.97. The van der Waals surface area contributed by atoms with Gasteiger partial charge in [0.1, 0.15) is 0 Å². The molecule has 1 aromatic rings. The fraction of sp³-hybridized carbons (Fsp3) is 0.647. The van der Waals surface area contributed by atoms with Crippen LogP contribution in [0.2, 0.25) is 0 Å². The molecule has 1 aromatic carbocycles. The summed E-state index contributed by atoms with van der Waals surface area (Å²) in [6, 6.07) is 5.29. The molecule has 1 aliphatic heterocycles. The van der Waals surface area contributed by atoms with Crippen molar-refractivity contribution >= 4 is 0 Å². The Labute approximate surface area is 125 Å². The second-order valence-corrected chi connectivity index (χ2v) is 6.84. The SMILES string of the molecule is CC(C)C1CN(Cc2ccc(F)c(F)c2)C(C2CC2)CN1. The zero-order valence-corrected chi connectivity index (χ0v) is 12.8. The number of benzene rings is 1. The quantitative estimate of drug-likeness (QED) is 0.917. The second kappa shape index (κ2) is 6.01. The molecule has 0 spiro atoms. The van der Waals surface area contributed by atoms with Crippen LogP contribution in [0.1, 0.15) is 32.3 Å². The minimum atomic E-state index is -0.766. The van der Waals surface area contributed by atoms with Gasteiger partial charge in [-0.1, -0.05) is 19.9 Å². The van der Waals surface area contributed by atoms with E-state index >= 15 is 0 Å². The number of halogens is 2. The summed E-state index contributed by atoms with van der Waals surface area (Å²) in [6.07, 6.45) is 2.60. The van der Waals surface area contributed by atoms with Gasteiger partial charge in [0.25, 0.3) is 0 Å². The molecule has 4 heteroatoms. The molecule has 0 bridgehead atoms. The molecule has 21 heavy (non-hydrogen) atoms. The van der Waals surface area contributed by atoms with E-state index in [0.29, 0.717) is 24.5 Å². The number of hydrogen-bond acceptors (Lipinski definition) is 2. The van der Waals surface area contributed by atoms with Crippen LogP contribution in [0, 0.1) is 23.5 Å². The van der Waals surface area contributed by atoms with Gasteiger partial charge in [0.2, 0.25) is 0 Å². The van der Waals surface area contributed by atoms with Crippen LogP contribution in [0.15, 0.2) is 18.2 Å². The topological polar surface area (TPSA) is 15.3 Å². The molecule has 2 fully saturated rings. The monoisotopic (exact) mass is 294 g/mol. The van der Waals surface area contributed by atoms with Gasteiger partial charge in [-0.25, -0.2) is 8.78 Å². The predicted octanol–water partition coefficient (Wildman–Crippen LogP) is 3.17. The highest BCUT2D eigenvalue weighted by Gasteiger charge is 2.39. The van der Waals surface area contributed by atoms with Crippen molar-refractivity contribution in [3.8, 4) is 0 Å². The standard InChI is InChI=1S/C17H24F2N2/c1-11(2)16-10-21(17(8-20-16)13-4-5-13)9-12-3-6-14(18)15(19)7-12/h3,6-7,11,13,16-17,20H,4-5,8-10H2,1-2H3. The third-order valence-electron chi connectivity index (χ3n) is 4.83. The Morgan fingerprint density at radius 1 is 1.24 bits per heavy atom. The zero-order chi connectivity index (χ0) is 15.0. The molecule has 1 N–H and O–H groups in total. The molecule has 2 nitrogen and oxygen atoms in total. The first-order valence-corrected chi connectivity index (χ1v) is 7.96. The van der Waals surface area contributed by atoms with Crippen molar-refractivity contribution in [1.82, 2.24) is 10.2 Å². The highest BCUT2D eigenvalue weighted by Crippen LogP contribution is 2.37. The minimum absolute atomic E-state index is 0.477. The molecule has 3 rings (SSSR count). The van der Waals surface area contributed by atoms with Crippen LogP contribution in [0.3, 0.4) is 0 Å². The first-order chi connectivity index (χ1) is 10.0. The van der Waals surface area contributed by atoms with Gasteiger partial charge >= 0.3 is 0 Å². The number of rotatable bonds is 4. The molecular weight excluding hydrogens is 270 g/mol. The summed E-state index contributed by atoms with van der Waals surface area (Å²) in [6.45, 7) is 7.16. The minimum Gasteiger partial charge on any atom is -0.311 e. The molecule has 1 saturated heterocycles. The van der Waals surface area contributed by atoms with Crippen LogP contribution in [-0.4, -0.2) is 30.1 Å². The van der Waals surface area contributed by atoms with Crippen molar-refractivity contribution in [2.45, 2.75) is 45.3 Å². The largest absolute Gasteiger partial charge is 0.311 e. The van der Waals surface area contributed by atoms with Crippen LogP contribution < -0.4 is 5.32 Å². The van der Waals surface area contributed by atoms with Gasteiger partial charge in [0.05, 0.1) is 0 Å². The summed E-state index contributed by atoms with van der Waals surface area (Å²) >= 11 is 0. The van der Waals surface area contributed by atoms with Gasteiger partial charge in [0, 0.05) is 31.7 Å². The molecule has 2 atom stereocenters. The van der Waals surface area contributed by atoms with Crippen LogP contribution in [0.25, 0.3) is 0 Å². The Morgan fingerprint density at radius 2 is 2.00 bits per heavy atom. The van der Waals surface area contributed by atoms with E-state index in [0.717, 1.165) is 24.6 Å². The van der Waals surface area contributed by atoms with E-state index in [1.54, 1.807) is 6.07 Å². The lowest BCUT2D eigenvalue weighted by molar-refractivity contribution is 0.0925. The Kier molecular flexibility index (Phi) is 4.27. The third kappa shape index (κ3) is 3.43. The Balaban J connectivity index is 1.73. The lowest BCUT2D eigenvalue weighted by Gasteiger charge is -2.42. The van der Waals surface area contributed by atoms with E-state index < -0.39 is 11.6 Å². The van der Waals surface area contributed by atoms with Gasteiger partial charge in [0.15, 0.2) is 11.6 Å². The Hall–Kier alpha value is -1.00. The molecule has 1 heterocycles. The van der Waals surface area contributed by atoms with Gasteiger partial charge < -0.3 is 5.32 Å². The van der Waals surface area contributed by atoms with Crippen molar-refractivity contribution in [1.29, 1.82) is 0 Å². The maximum absolute atomic E-state index is 13.4. The molecule has 2 aliphatic rings. The number of piperazine rings is 1. The first kappa shape index (κ1) is 14.9. The van der Waals surface area contributed by atoms with Gasteiger partial charge in [-0.3, -0.25) is 4.90 Å². The van der Waals surface area contributed by atoms with E-state index in [1.165, 1.54) is 25.0 Å². The fourth-order valence-corrected chi connectivity index (χ4v) is 3.30. The molecule has 0 radical (unpaired) electrons. The van der Waals surface area contributed by atoms with E-state index in [1.807, 2.05) is 0 Å². The van der Waals surface area contributed by atoms with Crippen molar-refractivity contribution in [3.05, 3.63) is 35.4 Å². The summed E-state index contributed by atoms with van der Waals surface area (Å²) in [4.78, 5) is 2.46. The first-order valence-electron chi connectivity index (χ1n) is 7.96. The summed E-state index contributed by atoms with van der Waals surface area (Å²) in [7, 11) is 0. The Morgan fingerprint density at radius 3 is 2.62 bits per heavy atom. The summed E-state index contributed by atoms with van der Waals surface area (Å²) in [5.74, 6) is -0.155. The number of nitrogens with one attached hydrogen (secondary N) is 1. The fourth-order valence-electron chi connectivity index (χ4n) is 3.30. The van der Waals surface area contributed by atoms with Gasteiger partial charge in [-0.15, -0.1) is 0 Å². The predicted molar refractivity (Wildman–Crippen MR) is 79.9 cm³/mol. The molecule has 1 saturated carbocycles. The molecule has 116 valence electrons. The second-order valence-electron chi connectivity index (χ2n) is 6.84. The van der Waals surface area contributed by atoms with Gasteiger partial charge in [-0.2, -0.15) is 0 Å². The average Bonchev–Trinajstić information content (AvgIpc) is 3.27. The van der Waals surface area contributed by atoms with Crippen LogP contribution in [-0.2, 0) is 6.54 Å². The maximum Gasteiger partial charge on any atom is 0.159 e. The van der Waals surface area contributed by atoms with E-state index in [4.69, 9.17) is 0 Å². The Bertz CT molecular complexity index is 500. The van der Waals surface area contributed by atoms with Crippen molar-refractivity contribution in [2.75, 3.05) is 13.1 Å². The third-order valence-corrected chi connectivity index (χ3v) is 4.83. The highest BCUT2D eigenvalue weighted by atomic mass is 19.2. The molecule has 1 aliphatic carbocycles. The molecular formula is C17H24F2N2. The van der Waals surface area contributed by atoms with Crippen LogP contribution in [0.5, 0.6) is 0 Å². The highest BCUT2D eigenvalue weighted by molar-refractivity contribution is 5.18. The van der Waals surface area contributed by atoms with E-state index in [-0.39, 0.29) is 0 Å². The zero-order valence-electron chi connectivity index (χ0n) is 12.8. The summed E-state index contributed by atoms with van der Waals surface area (Å²) in [5.41, 5.74) is 0.865. The van der Waals surface area contributed by atoms with E-state index in [2.05, 4.69) is 24.1 Å². The molecule has 0 amide bonds. The van der Waals surface area contributed by atoms with E-state index in [9.17, 15) is 8.78 Å². The summed E-state index contributed by atoms with van der Waals surface area (Å²) in [5, 5.41) is 3.65.